The lowest BCUT2D eigenvalue weighted by Crippen LogP contribution is -2.15. The Bertz CT molecular complexity index is 386. The zero-order valence-corrected chi connectivity index (χ0v) is 11.1. The fourth-order valence-corrected chi connectivity index (χ4v) is 2.70. The molecular formula is C13H18BrN. The largest absolute Gasteiger partial charge is 0.324 e. The van der Waals surface area contributed by atoms with Gasteiger partial charge in [-0.2, -0.15) is 0 Å². The number of hydrogen-bond acceptors (Lipinski definition) is 1. The Hall–Kier alpha value is -0.340. The molecule has 0 spiro atoms. The number of rotatable bonds is 2. The molecule has 3 unspecified atom stereocenters. The molecule has 0 aromatic heterocycles. The lowest BCUT2D eigenvalue weighted by Gasteiger charge is -2.16. The Balaban J connectivity index is 2.31. The molecule has 0 aliphatic heterocycles. The maximum atomic E-state index is 6.30. The van der Waals surface area contributed by atoms with E-state index in [1.165, 1.54) is 27.6 Å². The summed E-state index contributed by atoms with van der Waals surface area (Å²) < 4.78 is 1.18. The van der Waals surface area contributed by atoms with E-state index in [1.54, 1.807) is 0 Å². The van der Waals surface area contributed by atoms with E-state index in [2.05, 4.69) is 48.8 Å². The van der Waals surface area contributed by atoms with Crippen molar-refractivity contribution >= 4 is 15.9 Å². The Morgan fingerprint density at radius 1 is 1.33 bits per heavy atom. The van der Waals surface area contributed by atoms with Crippen LogP contribution in [0.25, 0.3) is 0 Å². The van der Waals surface area contributed by atoms with Gasteiger partial charge in [0.05, 0.1) is 0 Å². The van der Waals surface area contributed by atoms with E-state index in [4.69, 9.17) is 5.73 Å². The monoisotopic (exact) mass is 267 g/mol. The number of benzene rings is 1. The molecule has 1 aromatic rings. The van der Waals surface area contributed by atoms with E-state index >= 15 is 0 Å². The van der Waals surface area contributed by atoms with Gasteiger partial charge < -0.3 is 5.73 Å². The van der Waals surface area contributed by atoms with Gasteiger partial charge in [-0.05, 0) is 54.9 Å². The minimum atomic E-state index is 0.229. The molecule has 3 atom stereocenters. The fourth-order valence-electron chi connectivity index (χ4n) is 2.24. The summed E-state index contributed by atoms with van der Waals surface area (Å²) >= 11 is 3.55. The third-order valence-electron chi connectivity index (χ3n) is 3.54. The van der Waals surface area contributed by atoms with Crippen molar-refractivity contribution in [2.75, 3.05) is 0 Å². The van der Waals surface area contributed by atoms with Crippen molar-refractivity contribution in [3.05, 3.63) is 33.3 Å². The van der Waals surface area contributed by atoms with E-state index in [0.717, 1.165) is 5.92 Å². The summed E-state index contributed by atoms with van der Waals surface area (Å²) in [5.41, 5.74) is 10.2. The van der Waals surface area contributed by atoms with Crippen molar-refractivity contribution in [3.63, 3.8) is 0 Å². The van der Waals surface area contributed by atoms with Gasteiger partial charge in [0.25, 0.3) is 0 Å². The molecule has 0 bridgehead atoms. The third-order valence-corrected chi connectivity index (χ3v) is 4.39. The maximum Gasteiger partial charge on any atom is 0.0328 e. The molecule has 15 heavy (non-hydrogen) atoms. The van der Waals surface area contributed by atoms with Gasteiger partial charge in [-0.3, -0.25) is 0 Å². The molecule has 82 valence electrons. The highest BCUT2D eigenvalue weighted by atomic mass is 79.9. The average Bonchev–Trinajstić information content (AvgIpc) is 2.88. The predicted molar refractivity (Wildman–Crippen MR) is 67.8 cm³/mol. The zero-order valence-electron chi connectivity index (χ0n) is 9.55. The molecule has 1 saturated carbocycles. The van der Waals surface area contributed by atoms with Gasteiger partial charge in [-0.25, -0.2) is 0 Å². The van der Waals surface area contributed by atoms with Gasteiger partial charge in [0.2, 0.25) is 0 Å². The Kier molecular flexibility index (Phi) is 2.91. The summed E-state index contributed by atoms with van der Waals surface area (Å²) in [5, 5.41) is 0. The van der Waals surface area contributed by atoms with E-state index in [1.807, 2.05) is 0 Å². The number of nitrogens with two attached hydrogens (primary N) is 1. The van der Waals surface area contributed by atoms with Gasteiger partial charge in [-0.1, -0.05) is 28.9 Å². The second-order valence-electron chi connectivity index (χ2n) is 4.86. The zero-order chi connectivity index (χ0) is 11.2. The highest BCUT2D eigenvalue weighted by Crippen LogP contribution is 2.46. The number of halogens is 1. The minimum absolute atomic E-state index is 0.229. The van der Waals surface area contributed by atoms with Gasteiger partial charge in [0.1, 0.15) is 0 Å². The SMILES string of the molecule is Cc1cc(C(N)C2CC2C)c(C)cc1Br. The molecule has 2 rings (SSSR count). The van der Waals surface area contributed by atoms with Crippen LogP contribution in [0.3, 0.4) is 0 Å². The van der Waals surface area contributed by atoms with Crippen LogP contribution in [0, 0.1) is 25.7 Å². The first-order valence-corrected chi connectivity index (χ1v) is 6.32. The smallest absolute Gasteiger partial charge is 0.0328 e. The first-order valence-electron chi connectivity index (χ1n) is 5.53. The molecule has 0 radical (unpaired) electrons. The molecule has 2 heteroatoms. The molecule has 0 heterocycles. The number of hydrogen-bond donors (Lipinski definition) is 1. The summed E-state index contributed by atoms with van der Waals surface area (Å²) in [6, 6.07) is 4.64. The highest BCUT2D eigenvalue weighted by molar-refractivity contribution is 9.10. The topological polar surface area (TPSA) is 26.0 Å². The van der Waals surface area contributed by atoms with Crippen molar-refractivity contribution in [1.29, 1.82) is 0 Å². The molecule has 1 aliphatic carbocycles. The molecule has 1 nitrogen and oxygen atoms in total. The first kappa shape index (κ1) is 11.2. The van der Waals surface area contributed by atoms with Crippen molar-refractivity contribution in [3.8, 4) is 0 Å². The van der Waals surface area contributed by atoms with Crippen LogP contribution in [-0.4, -0.2) is 0 Å². The summed E-state index contributed by atoms with van der Waals surface area (Å²) in [4.78, 5) is 0. The van der Waals surface area contributed by atoms with Crippen LogP contribution in [0.1, 0.15) is 36.1 Å². The normalized spacial score (nSPS) is 26.5. The Morgan fingerprint density at radius 3 is 2.47 bits per heavy atom. The lowest BCUT2D eigenvalue weighted by atomic mass is 9.96. The molecule has 1 fully saturated rings. The lowest BCUT2D eigenvalue weighted by molar-refractivity contribution is 0.590. The molecule has 1 aliphatic rings. The van der Waals surface area contributed by atoms with Crippen molar-refractivity contribution in [1.82, 2.24) is 0 Å². The van der Waals surface area contributed by atoms with E-state index in [0.29, 0.717) is 5.92 Å². The van der Waals surface area contributed by atoms with E-state index < -0.39 is 0 Å². The number of aryl methyl sites for hydroxylation is 2. The quantitative estimate of drug-likeness (QED) is 0.869. The van der Waals surface area contributed by atoms with Crippen LogP contribution in [0.15, 0.2) is 16.6 Å². The van der Waals surface area contributed by atoms with E-state index in [9.17, 15) is 0 Å². The van der Waals surface area contributed by atoms with Gasteiger partial charge in [0, 0.05) is 10.5 Å². The van der Waals surface area contributed by atoms with Crippen LogP contribution in [0.4, 0.5) is 0 Å². The maximum absolute atomic E-state index is 6.30. The van der Waals surface area contributed by atoms with Crippen molar-refractivity contribution in [2.24, 2.45) is 17.6 Å². The second kappa shape index (κ2) is 3.91. The van der Waals surface area contributed by atoms with Gasteiger partial charge >= 0.3 is 0 Å². The van der Waals surface area contributed by atoms with Gasteiger partial charge in [0.15, 0.2) is 0 Å². The molecular weight excluding hydrogens is 250 g/mol. The molecule has 0 saturated heterocycles. The van der Waals surface area contributed by atoms with Crippen molar-refractivity contribution < 1.29 is 0 Å². The van der Waals surface area contributed by atoms with Crippen LogP contribution in [0.2, 0.25) is 0 Å². The summed E-state index contributed by atoms with van der Waals surface area (Å²) in [7, 11) is 0. The fraction of sp³-hybridized carbons (Fsp3) is 0.538. The standard InChI is InChI=1S/C13H18BrN/c1-7-4-10(7)13(15)11-5-9(3)12(14)6-8(11)2/h5-7,10,13H,4,15H2,1-3H3. The predicted octanol–water partition coefficient (Wildman–Crippen LogP) is 3.72. The Labute approximate surface area is 100 Å². The van der Waals surface area contributed by atoms with Crippen LogP contribution in [0.5, 0.6) is 0 Å². The Morgan fingerprint density at radius 2 is 1.93 bits per heavy atom. The summed E-state index contributed by atoms with van der Waals surface area (Å²) in [6.07, 6.45) is 1.29. The summed E-state index contributed by atoms with van der Waals surface area (Å²) in [6.45, 7) is 6.55. The first-order chi connectivity index (χ1) is 7.00. The van der Waals surface area contributed by atoms with E-state index in [-0.39, 0.29) is 6.04 Å². The molecule has 1 aromatic carbocycles. The highest BCUT2D eigenvalue weighted by Gasteiger charge is 2.38. The molecule has 2 N–H and O–H groups in total. The van der Waals surface area contributed by atoms with Crippen molar-refractivity contribution in [2.45, 2.75) is 33.2 Å². The minimum Gasteiger partial charge on any atom is -0.324 e. The van der Waals surface area contributed by atoms with Crippen LogP contribution >= 0.6 is 15.9 Å². The second-order valence-corrected chi connectivity index (χ2v) is 5.71. The van der Waals surface area contributed by atoms with Crippen LogP contribution in [-0.2, 0) is 0 Å². The van der Waals surface area contributed by atoms with Gasteiger partial charge in [-0.15, -0.1) is 0 Å². The third kappa shape index (κ3) is 2.11. The van der Waals surface area contributed by atoms with Crippen LogP contribution < -0.4 is 5.73 Å². The summed E-state index contributed by atoms with van der Waals surface area (Å²) in [5.74, 6) is 1.51. The average molecular weight is 268 g/mol. The molecule has 0 amide bonds.